The lowest BCUT2D eigenvalue weighted by Gasteiger charge is -2.24. The molecule has 6 nitrogen and oxygen atoms in total. The van der Waals surface area contributed by atoms with Crippen LogP contribution in [0.2, 0.25) is 0 Å². The number of rotatable bonds is 2. The summed E-state index contributed by atoms with van der Waals surface area (Å²) in [6, 6.07) is 7.15. The number of benzene rings is 1. The van der Waals surface area contributed by atoms with Gasteiger partial charge in [-0.2, -0.15) is 0 Å². The van der Waals surface area contributed by atoms with Crippen molar-refractivity contribution in [3.8, 4) is 17.5 Å². The number of aromatic hydroxyl groups is 2. The maximum atomic E-state index is 9.69. The quantitative estimate of drug-likeness (QED) is 0.771. The number of aromatic amines is 1. The molecular weight excluding hydrogens is 246 g/mol. The Balaban J connectivity index is 1.98. The first-order valence-corrected chi connectivity index (χ1v) is 5.76. The summed E-state index contributed by atoms with van der Waals surface area (Å²) in [7, 11) is 1.60. The minimum Gasteiger partial charge on any atom is -0.494 e. The number of methoxy groups -OCH3 is 1. The molecule has 0 saturated heterocycles. The zero-order chi connectivity index (χ0) is 13.4. The van der Waals surface area contributed by atoms with Gasteiger partial charge in [0.05, 0.1) is 20.0 Å². The van der Waals surface area contributed by atoms with Crippen LogP contribution in [0.25, 0.3) is 0 Å². The van der Waals surface area contributed by atoms with Gasteiger partial charge < -0.3 is 19.8 Å². The molecule has 6 heteroatoms. The van der Waals surface area contributed by atoms with E-state index in [4.69, 9.17) is 4.74 Å². The molecule has 0 amide bonds. The van der Waals surface area contributed by atoms with E-state index >= 15 is 0 Å². The number of hydrogen-bond acceptors (Lipinski definition) is 5. The maximum Gasteiger partial charge on any atom is 0.215 e. The summed E-state index contributed by atoms with van der Waals surface area (Å²) in [4.78, 5) is 8.52. The lowest BCUT2D eigenvalue weighted by Crippen LogP contribution is -2.22. The fraction of sp³-hybridized carbons (Fsp3) is 0.154. The van der Waals surface area contributed by atoms with E-state index in [1.165, 1.54) is 6.07 Å². The van der Waals surface area contributed by atoms with Gasteiger partial charge in [-0.25, -0.2) is 4.99 Å². The van der Waals surface area contributed by atoms with Gasteiger partial charge in [-0.05, 0) is 6.07 Å². The van der Waals surface area contributed by atoms with Crippen molar-refractivity contribution in [2.24, 2.45) is 4.99 Å². The minimum atomic E-state index is -0.0877. The topological polar surface area (TPSA) is 81.1 Å². The summed E-state index contributed by atoms with van der Waals surface area (Å²) in [6.07, 6.45) is 1.60. The van der Waals surface area contributed by atoms with Gasteiger partial charge in [-0.15, -0.1) is 0 Å². The van der Waals surface area contributed by atoms with Gasteiger partial charge in [0.1, 0.15) is 17.1 Å². The van der Waals surface area contributed by atoms with Crippen LogP contribution in [-0.2, 0) is 6.54 Å². The third kappa shape index (κ3) is 1.87. The predicted octanol–water partition coefficient (Wildman–Crippen LogP) is 2.11. The number of aliphatic imine (C=N–C) groups is 1. The van der Waals surface area contributed by atoms with Gasteiger partial charge in [0.15, 0.2) is 5.88 Å². The summed E-state index contributed by atoms with van der Waals surface area (Å²) in [5.41, 5.74) is 2.26. The SMILES string of the molecule is COc1cccc2c1N=CN(c1cc(O)[nH]c1O)C2. The van der Waals surface area contributed by atoms with Gasteiger partial charge in [0, 0.05) is 11.6 Å². The number of aromatic nitrogens is 1. The molecule has 2 aromatic rings. The molecule has 0 unspecified atom stereocenters. The van der Waals surface area contributed by atoms with Crippen molar-refractivity contribution >= 4 is 17.7 Å². The first-order valence-electron chi connectivity index (χ1n) is 5.76. The normalized spacial score (nSPS) is 13.4. The van der Waals surface area contributed by atoms with Gasteiger partial charge in [-0.3, -0.25) is 4.98 Å². The van der Waals surface area contributed by atoms with Crippen molar-refractivity contribution in [2.75, 3.05) is 12.0 Å². The third-order valence-electron chi connectivity index (χ3n) is 3.04. The lowest BCUT2D eigenvalue weighted by molar-refractivity contribution is 0.415. The molecule has 19 heavy (non-hydrogen) atoms. The van der Waals surface area contributed by atoms with Crippen LogP contribution in [0.15, 0.2) is 29.3 Å². The fourth-order valence-corrected chi connectivity index (χ4v) is 2.14. The van der Waals surface area contributed by atoms with Crippen LogP contribution in [0.5, 0.6) is 17.5 Å². The highest BCUT2D eigenvalue weighted by Gasteiger charge is 2.20. The average Bonchev–Trinajstić information content (AvgIpc) is 2.76. The molecule has 1 aromatic heterocycles. The monoisotopic (exact) mass is 259 g/mol. The van der Waals surface area contributed by atoms with Crippen LogP contribution in [0.4, 0.5) is 11.4 Å². The van der Waals surface area contributed by atoms with Crippen LogP contribution >= 0.6 is 0 Å². The second-order valence-electron chi connectivity index (χ2n) is 4.23. The number of para-hydroxylation sites is 1. The molecule has 3 rings (SSSR count). The molecule has 0 spiro atoms. The number of nitrogens with one attached hydrogen (secondary N) is 1. The molecule has 98 valence electrons. The van der Waals surface area contributed by atoms with E-state index in [0.717, 1.165) is 17.0 Å². The molecule has 0 bridgehead atoms. The number of hydrogen-bond donors (Lipinski definition) is 3. The lowest BCUT2D eigenvalue weighted by atomic mass is 10.1. The van der Waals surface area contributed by atoms with E-state index in [1.807, 2.05) is 18.2 Å². The van der Waals surface area contributed by atoms with Gasteiger partial charge in [-0.1, -0.05) is 12.1 Å². The number of anilines is 1. The largest absolute Gasteiger partial charge is 0.494 e. The van der Waals surface area contributed by atoms with E-state index in [1.54, 1.807) is 18.3 Å². The zero-order valence-corrected chi connectivity index (χ0v) is 10.3. The molecule has 0 saturated carbocycles. The van der Waals surface area contributed by atoms with Crippen LogP contribution in [0.3, 0.4) is 0 Å². The summed E-state index contributed by atoms with van der Waals surface area (Å²) >= 11 is 0. The molecular formula is C13H13N3O3. The summed E-state index contributed by atoms with van der Waals surface area (Å²) < 4.78 is 5.25. The van der Waals surface area contributed by atoms with Gasteiger partial charge in [0.2, 0.25) is 5.88 Å². The summed E-state index contributed by atoms with van der Waals surface area (Å²) in [6.45, 7) is 0.543. The highest BCUT2D eigenvalue weighted by molar-refractivity contribution is 5.87. The van der Waals surface area contributed by atoms with E-state index < -0.39 is 0 Å². The standard InChI is InChI=1S/C13H13N3O3/c1-19-10-4-2-3-8-6-16(7-14-12(8)10)9-5-11(17)15-13(9)18/h2-5,7,15,17-18H,6H2,1H3. The molecule has 2 heterocycles. The second-order valence-corrected chi connectivity index (χ2v) is 4.23. The van der Waals surface area contributed by atoms with Crippen LogP contribution in [0, 0.1) is 0 Å². The number of fused-ring (bicyclic) bond motifs is 1. The Bertz CT molecular complexity index is 649. The van der Waals surface area contributed by atoms with Crippen LogP contribution in [-0.4, -0.2) is 28.6 Å². The van der Waals surface area contributed by atoms with Crippen LogP contribution < -0.4 is 9.64 Å². The smallest absolute Gasteiger partial charge is 0.215 e. The van der Waals surface area contributed by atoms with Crippen LogP contribution in [0.1, 0.15) is 5.56 Å². The molecule has 0 fully saturated rings. The second kappa shape index (κ2) is 4.24. The van der Waals surface area contributed by atoms with Crippen molar-refractivity contribution in [1.29, 1.82) is 0 Å². The molecule has 3 N–H and O–H groups in total. The molecule has 0 aliphatic carbocycles. The maximum absolute atomic E-state index is 9.69. The Morgan fingerprint density at radius 1 is 1.37 bits per heavy atom. The first-order chi connectivity index (χ1) is 9.19. The molecule has 1 aliphatic rings. The van der Waals surface area contributed by atoms with E-state index in [2.05, 4.69) is 9.98 Å². The highest BCUT2D eigenvalue weighted by Crippen LogP contribution is 2.38. The Hall–Kier alpha value is -2.63. The highest BCUT2D eigenvalue weighted by atomic mass is 16.5. The first kappa shape index (κ1) is 11.5. The Labute approximate surface area is 109 Å². The summed E-state index contributed by atoms with van der Waals surface area (Å²) in [5.74, 6) is 0.544. The Morgan fingerprint density at radius 2 is 2.21 bits per heavy atom. The number of nitrogens with zero attached hydrogens (tertiary/aromatic N) is 2. The van der Waals surface area contributed by atoms with Crippen molar-refractivity contribution in [2.45, 2.75) is 6.54 Å². The fourth-order valence-electron chi connectivity index (χ4n) is 2.14. The van der Waals surface area contributed by atoms with Gasteiger partial charge in [0.25, 0.3) is 0 Å². The predicted molar refractivity (Wildman–Crippen MR) is 71.5 cm³/mol. The molecule has 1 aliphatic heterocycles. The third-order valence-corrected chi connectivity index (χ3v) is 3.04. The van der Waals surface area contributed by atoms with Gasteiger partial charge >= 0.3 is 0 Å². The number of H-pyrrole nitrogens is 1. The minimum absolute atomic E-state index is 0.0858. The van der Waals surface area contributed by atoms with Crippen molar-refractivity contribution < 1.29 is 14.9 Å². The van der Waals surface area contributed by atoms with E-state index in [-0.39, 0.29) is 11.8 Å². The molecule has 0 radical (unpaired) electrons. The van der Waals surface area contributed by atoms with Crippen molar-refractivity contribution in [1.82, 2.24) is 4.98 Å². The average molecular weight is 259 g/mol. The van der Waals surface area contributed by atoms with E-state index in [0.29, 0.717) is 12.2 Å². The van der Waals surface area contributed by atoms with E-state index in [9.17, 15) is 10.2 Å². The number of ether oxygens (including phenoxy) is 1. The summed E-state index contributed by atoms with van der Waals surface area (Å²) in [5, 5.41) is 19.0. The van der Waals surface area contributed by atoms with Crippen molar-refractivity contribution in [3.63, 3.8) is 0 Å². The molecule has 1 aromatic carbocycles. The van der Waals surface area contributed by atoms with Crippen molar-refractivity contribution in [3.05, 3.63) is 29.8 Å². The Kier molecular flexibility index (Phi) is 2.56. The molecule has 0 atom stereocenters. The zero-order valence-electron chi connectivity index (χ0n) is 10.3. The Morgan fingerprint density at radius 3 is 2.89 bits per heavy atom.